The summed E-state index contributed by atoms with van der Waals surface area (Å²) in [4.78, 5) is 25.4. The topological polar surface area (TPSA) is 105 Å². The van der Waals surface area contributed by atoms with Crippen LogP contribution < -0.4 is 29.1 Å². The van der Waals surface area contributed by atoms with E-state index >= 15 is 0 Å². The molecule has 41 heavy (non-hydrogen) atoms. The molecular weight excluding hydrogens is 524 g/mol. The van der Waals surface area contributed by atoms with Gasteiger partial charge in [-0.15, -0.1) is 0 Å². The first-order valence-corrected chi connectivity index (χ1v) is 13.2. The first-order chi connectivity index (χ1) is 20.0. The van der Waals surface area contributed by atoms with E-state index in [0.717, 1.165) is 29.4 Å². The predicted octanol–water partition coefficient (Wildman–Crippen LogP) is 5.78. The lowest BCUT2D eigenvalue weighted by molar-refractivity contribution is -0.123. The Kier molecular flexibility index (Phi) is 10.1. The second kappa shape index (κ2) is 14.4. The van der Waals surface area contributed by atoms with E-state index in [4.69, 9.17) is 23.7 Å². The highest BCUT2D eigenvalue weighted by Crippen LogP contribution is 2.30. The molecule has 0 fully saturated rings. The number of fused-ring (bicyclic) bond motifs is 1. The third-order valence-corrected chi connectivity index (χ3v) is 6.10. The number of carbonyl (C=O) groups is 2. The van der Waals surface area contributed by atoms with Crippen LogP contribution in [0.5, 0.6) is 28.7 Å². The average molecular weight is 557 g/mol. The third-order valence-electron chi connectivity index (χ3n) is 6.10. The number of unbranched alkanes of at least 4 members (excludes halogenated alkanes) is 1. The summed E-state index contributed by atoms with van der Waals surface area (Å²) >= 11 is 0. The normalized spacial score (nSPS) is 10.8. The highest BCUT2D eigenvalue weighted by atomic mass is 16.5. The number of benzene rings is 4. The fourth-order valence-electron chi connectivity index (χ4n) is 3.94. The van der Waals surface area contributed by atoms with Crippen molar-refractivity contribution in [3.63, 3.8) is 0 Å². The number of rotatable bonds is 13. The van der Waals surface area contributed by atoms with Crippen molar-refractivity contribution in [2.45, 2.75) is 19.8 Å². The lowest BCUT2D eigenvalue weighted by Crippen LogP contribution is -2.24. The highest BCUT2D eigenvalue weighted by Gasteiger charge is 2.16. The van der Waals surface area contributed by atoms with Gasteiger partial charge in [-0.3, -0.25) is 4.79 Å². The van der Waals surface area contributed by atoms with Gasteiger partial charge in [0.25, 0.3) is 5.91 Å². The van der Waals surface area contributed by atoms with Crippen LogP contribution in [-0.2, 0) is 4.79 Å². The van der Waals surface area contributed by atoms with E-state index in [-0.39, 0.29) is 17.9 Å². The minimum Gasteiger partial charge on any atom is -0.494 e. The molecule has 0 atom stereocenters. The maximum absolute atomic E-state index is 13.0. The Labute approximate surface area is 238 Å². The fraction of sp³-hybridized carbons (Fsp3) is 0.219. The number of amides is 1. The van der Waals surface area contributed by atoms with Crippen LogP contribution >= 0.6 is 0 Å². The number of methoxy groups -OCH3 is 2. The smallest absolute Gasteiger partial charge is 0.343 e. The number of hydrogen-bond acceptors (Lipinski definition) is 8. The number of hydrogen-bond donors (Lipinski definition) is 1. The number of nitrogens with one attached hydrogen (secondary N) is 1. The molecule has 0 aliphatic carbocycles. The van der Waals surface area contributed by atoms with E-state index in [1.807, 2.05) is 30.3 Å². The van der Waals surface area contributed by atoms with Crippen LogP contribution in [0, 0.1) is 0 Å². The number of esters is 1. The second-order valence-electron chi connectivity index (χ2n) is 8.91. The Balaban J connectivity index is 1.43. The van der Waals surface area contributed by atoms with Crippen molar-refractivity contribution < 1.29 is 33.3 Å². The SMILES string of the molecule is CCCCOc1ccc(OCC(=O)N/N=C/c2c(OC(=O)c3ccc(OC)c(OC)c3)ccc3ccccc23)cc1. The van der Waals surface area contributed by atoms with Crippen LogP contribution in [0.15, 0.2) is 84.0 Å². The molecule has 0 unspecified atom stereocenters. The van der Waals surface area contributed by atoms with Gasteiger partial charge in [-0.25, -0.2) is 10.2 Å². The molecule has 0 spiro atoms. The van der Waals surface area contributed by atoms with E-state index < -0.39 is 11.9 Å². The predicted molar refractivity (Wildman–Crippen MR) is 157 cm³/mol. The Morgan fingerprint density at radius 3 is 2.27 bits per heavy atom. The molecule has 0 saturated heterocycles. The fourth-order valence-corrected chi connectivity index (χ4v) is 3.94. The van der Waals surface area contributed by atoms with Gasteiger partial charge < -0.3 is 23.7 Å². The average Bonchev–Trinajstić information content (AvgIpc) is 3.01. The molecular formula is C32H32N2O7. The molecule has 0 saturated carbocycles. The Bertz CT molecular complexity index is 1520. The number of carbonyl (C=O) groups excluding carboxylic acids is 2. The molecule has 9 heteroatoms. The molecule has 0 bridgehead atoms. The van der Waals surface area contributed by atoms with Crippen LogP contribution in [0.4, 0.5) is 0 Å². The molecule has 0 aromatic heterocycles. The number of hydrazone groups is 1. The lowest BCUT2D eigenvalue weighted by atomic mass is 10.0. The van der Waals surface area contributed by atoms with Gasteiger partial charge >= 0.3 is 5.97 Å². The van der Waals surface area contributed by atoms with E-state index in [1.54, 1.807) is 48.5 Å². The monoisotopic (exact) mass is 556 g/mol. The van der Waals surface area contributed by atoms with Crippen LogP contribution in [0.1, 0.15) is 35.7 Å². The Morgan fingerprint density at radius 1 is 0.829 bits per heavy atom. The summed E-state index contributed by atoms with van der Waals surface area (Å²) in [6.45, 7) is 2.53. The quantitative estimate of drug-likeness (QED) is 0.0731. The van der Waals surface area contributed by atoms with Crippen molar-refractivity contribution in [1.29, 1.82) is 0 Å². The third kappa shape index (κ3) is 7.76. The summed E-state index contributed by atoms with van der Waals surface area (Å²) in [5.41, 5.74) is 3.27. The van der Waals surface area contributed by atoms with Gasteiger partial charge in [0, 0.05) is 5.56 Å². The number of ether oxygens (including phenoxy) is 5. The maximum atomic E-state index is 13.0. The van der Waals surface area contributed by atoms with Gasteiger partial charge in [0.15, 0.2) is 18.1 Å². The summed E-state index contributed by atoms with van der Waals surface area (Å²) in [6, 6.07) is 23.0. The van der Waals surface area contributed by atoms with Crippen molar-refractivity contribution in [3.05, 3.63) is 90.0 Å². The van der Waals surface area contributed by atoms with Crippen molar-refractivity contribution in [2.24, 2.45) is 5.10 Å². The van der Waals surface area contributed by atoms with Gasteiger partial charge in [-0.05, 0) is 65.7 Å². The maximum Gasteiger partial charge on any atom is 0.343 e. The Hall–Kier alpha value is -5.05. The van der Waals surface area contributed by atoms with E-state index in [9.17, 15) is 9.59 Å². The zero-order valence-electron chi connectivity index (χ0n) is 23.2. The van der Waals surface area contributed by atoms with E-state index in [2.05, 4.69) is 17.5 Å². The largest absolute Gasteiger partial charge is 0.494 e. The van der Waals surface area contributed by atoms with Gasteiger partial charge in [0.05, 0.1) is 32.6 Å². The number of nitrogens with zero attached hydrogens (tertiary/aromatic N) is 1. The van der Waals surface area contributed by atoms with Gasteiger partial charge in [0.1, 0.15) is 17.2 Å². The van der Waals surface area contributed by atoms with Crippen LogP contribution in [-0.4, -0.2) is 45.5 Å². The van der Waals surface area contributed by atoms with E-state index in [0.29, 0.717) is 29.4 Å². The molecule has 4 aromatic rings. The summed E-state index contributed by atoms with van der Waals surface area (Å²) < 4.78 is 27.5. The zero-order chi connectivity index (χ0) is 29.0. The Morgan fingerprint density at radius 2 is 1.54 bits per heavy atom. The highest BCUT2D eigenvalue weighted by molar-refractivity contribution is 6.04. The molecule has 4 rings (SSSR count). The van der Waals surface area contributed by atoms with Crippen molar-refractivity contribution >= 4 is 28.9 Å². The molecule has 0 radical (unpaired) electrons. The first-order valence-electron chi connectivity index (χ1n) is 13.2. The van der Waals surface area contributed by atoms with Gasteiger partial charge in [-0.2, -0.15) is 5.10 Å². The van der Waals surface area contributed by atoms with E-state index in [1.165, 1.54) is 20.4 Å². The van der Waals surface area contributed by atoms with Crippen LogP contribution in [0.25, 0.3) is 10.8 Å². The standard InChI is InChI=1S/C32H32N2O7/c1-4-5-18-39-24-12-14-25(15-13-24)40-21-31(35)34-33-20-27-26-9-7-6-8-22(26)10-16-28(27)41-32(36)23-11-17-29(37-2)30(19-23)38-3/h6-17,19-20H,4-5,18,21H2,1-3H3,(H,34,35)/b33-20+. The van der Waals surface area contributed by atoms with Gasteiger partial charge in [-0.1, -0.05) is 43.7 Å². The zero-order valence-corrected chi connectivity index (χ0v) is 23.2. The van der Waals surface area contributed by atoms with Crippen LogP contribution in [0.3, 0.4) is 0 Å². The molecule has 212 valence electrons. The first kappa shape index (κ1) is 28.9. The minimum atomic E-state index is -0.588. The molecule has 0 aliphatic heterocycles. The van der Waals surface area contributed by atoms with Crippen molar-refractivity contribution in [1.82, 2.24) is 5.43 Å². The lowest BCUT2D eigenvalue weighted by Gasteiger charge is -2.12. The molecule has 1 amide bonds. The molecule has 0 heterocycles. The molecule has 1 N–H and O–H groups in total. The molecule has 4 aromatic carbocycles. The van der Waals surface area contributed by atoms with Gasteiger partial charge in [0.2, 0.25) is 0 Å². The second-order valence-corrected chi connectivity index (χ2v) is 8.91. The van der Waals surface area contributed by atoms with Crippen molar-refractivity contribution in [2.75, 3.05) is 27.4 Å². The molecule has 9 nitrogen and oxygen atoms in total. The summed E-state index contributed by atoms with van der Waals surface area (Å²) in [7, 11) is 3.01. The minimum absolute atomic E-state index is 0.232. The van der Waals surface area contributed by atoms with Crippen molar-refractivity contribution in [3.8, 4) is 28.7 Å². The summed E-state index contributed by atoms with van der Waals surface area (Å²) in [5.74, 6) is 1.42. The molecule has 0 aliphatic rings. The summed E-state index contributed by atoms with van der Waals surface area (Å²) in [6.07, 6.45) is 3.49. The van der Waals surface area contributed by atoms with Crippen LogP contribution in [0.2, 0.25) is 0 Å². The summed E-state index contributed by atoms with van der Waals surface area (Å²) in [5, 5.41) is 5.80.